The van der Waals surface area contributed by atoms with Crippen molar-refractivity contribution in [2.75, 3.05) is 19.8 Å². The first-order valence-electron chi connectivity index (χ1n) is 17.4. The number of aromatic nitrogens is 2. The van der Waals surface area contributed by atoms with Crippen LogP contribution in [0.25, 0.3) is 0 Å². The molecule has 8 heteroatoms. The Hall–Kier alpha value is -2.32. The van der Waals surface area contributed by atoms with Gasteiger partial charge in [0.15, 0.2) is 5.69 Å². The second kappa shape index (κ2) is 11.4. The van der Waals surface area contributed by atoms with Gasteiger partial charge in [-0.15, -0.1) is 0 Å². The van der Waals surface area contributed by atoms with E-state index in [9.17, 15) is 19.8 Å². The Kier molecular flexibility index (Phi) is 8.28. The minimum absolute atomic E-state index is 0.0152. The van der Waals surface area contributed by atoms with Crippen LogP contribution in [0.4, 0.5) is 0 Å². The van der Waals surface area contributed by atoms with E-state index in [1.54, 1.807) is 13.1 Å². The number of hydrogen-bond donors (Lipinski definition) is 2. The first-order valence-corrected chi connectivity index (χ1v) is 17.4. The average molecular weight is 623 g/mol. The number of fused-ring (bicyclic) bond motifs is 7. The second-order valence-electron chi connectivity index (χ2n) is 16.4. The molecule has 0 saturated heterocycles. The van der Waals surface area contributed by atoms with Gasteiger partial charge in [-0.3, -0.25) is 9.78 Å². The molecule has 45 heavy (non-hydrogen) atoms. The lowest BCUT2D eigenvalue weighted by atomic mass is 9.33. The third-order valence-electron chi connectivity index (χ3n) is 14.4. The average Bonchev–Trinajstić information content (AvgIpc) is 3.01. The molecule has 248 valence electrons. The molecular formula is C37H54N2O6. The molecule has 0 unspecified atom stereocenters. The van der Waals surface area contributed by atoms with Crippen LogP contribution in [0, 0.1) is 57.7 Å². The van der Waals surface area contributed by atoms with Crippen molar-refractivity contribution >= 4 is 11.9 Å². The third-order valence-corrected chi connectivity index (χ3v) is 14.4. The lowest BCUT2D eigenvalue weighted by Crippen LogP contribution is -2.65. The van der Waals surface area contributed by atoms with E-state index in [1.807, 2.05) is 0 Å². The van der Waals surface area contributed by atoms with Crippen molar-refractivity contribution < 1.29 is 29.3 Å². The van der Waals surface area contributed by atoms with Gasteiger partial charge in [0.05, 0.1) is 30.0 Å². The first kappa shape index (κ1) is 32.6. The van der Waals surface area contributed by atoms with Crippen LogP contribution in [0.15, 0.2) is 24.0 Å². The smallest absolute Gasteiger partial charge is 0.358 e. The summed E-state index contributed by atoms with van der Waals surface area (Å²) in [6.07, 6.45) is 14.4. The molecule has 0 aromatic carbocycles. The number of aliphatic hydroxyl groups is 2. The van der Waals surface area contributed by atoms with Crippen molar-refractivity contribution in [2.45, 2.75) is 112 Å². The van der Waals surface area contributed by atoms with Crippen LogP contribution in [-0.2, 0) is 14.3 Å². The molecule has 5 aliphatic rings. The number of hydrogen-bond acceptors (Lipinski definition) is 8. The van der Waals surface area contributed by atoms with Crippen molar-refractivity contribution in [1.29, 1.82) is 0 Å². The normalized spacial score (nSPS) is 43.9. The monoisotopic (exact) mass is 622 g/mol. The molecule has 0 bridgehead atoms. The van der Waals surface area contributed by atoms with Gasteiger partial charge in [-0.25, -0.2) is 9.78 Å². The zero-order valence-electron chi connectivity index (χ0n) is 28.2. The summed E-state index contributed by atoms with van der Waals surface area (Å²) in [5.74, 6) is 0.732. The van der Waals surface area contributed by atoms with Crippen LogP contribution >= 0.6 is 0 Å². The van der Waals surface area contributed by atoms with E-state index in [2.05, 4.69) is 50.7 Å². The molecule has 4 fully saturated rings. The Labute approximate surface area is 268 Å². The summed E-state index contributed by atoms with van der Waals surface area (Å²) in [6.45, 7) is 13.7. The maximum absolute atomic E-state index is 14.1. The van der Waals surface area contributed by atoms with Crippen molar-refractivity contribution in [3.8, 4) is 0 Å². The molecule has 5 aliphatic carbocycles. The Morgan fingerprint density at radius 2 is 1.71 bits per heavy atom. The topological polar surface area (TPSA) is 119 Å². The highest BCUT2D eigenvalue weighted by atomic mass is 16.6. The Bertz CT molecular complexity index is 1360. The number of carbonyl (C=O) groups is 2. The van der Waals surface area contributed by atoms with Gasteiger partial charge in [-0.1, -0.05) is 46.3 Å². The molecule has 10 atom stereocenters. The van der Waals surface area contributed by atoms with Gasteiger partial charge in [0, 0.05) is 11.6 Å². The minimum atomic E-state index is -0.566. The molecule has 1 aromatic rings. The first-order chi connectivity index (χ1) is 21.2. The van der Waals surface area contributed by atoms with Gasteiger partial charge in [0.1, 0.15) is 13.2 Å². The molecule has 8 nitrogen and oxygen atoms in total. The number of esters is 2. The molecule has 1 heterocycles. The standard InChI is InChI=1S/C37H54N2O6/c1-23-9-14-37(32(43)45-18-17-44-31(42)27-21-38-20-24(2)39-27)16-15-35(5)25(26(37)19-23)7-8-29-33(3)12-11-30(41)34(4,22-40)28(33)10-13-36(29,35)6/h7,20-21,23,26,28-30,40-41H,8-19,22H2,1-6H3/t23-,26-,28+,29+,30-,33-,34-,35+,36+,37-/m0/s1. The van der Waals surface area contributed by atoms with E-state index in [0.717, 1.165) is 64.2 Å². The van der Waals surface area contributed by atoms with Gasteiger partial charge in [0.25, 0.3) is 0 Å². The van der Waals surface area contributed by atoms with Crippen molar-refractivity contribution in [2.24, 2.45) is 50.7 Å². The van der Waals surface area contributed by atoms with E-state index in [0.29, 0.717) is 17.5 Å². The van der Waals surface area contributed by atoms with E-state index in [-0.39, 0.29) is 59.6 Å². The molecule has 0 amide bonds. The summed E-state index contributed by atoms with van der Waals surface area (Å²) in [5, 5.41) is 21.6. The van der Waals surface area contributed by atoms with Gasteiger partial charge in [-0.05, 0) is 111 Å². The molecule has 2 N–H and O–H groups in total. The molecule has 0 radical (unpaired) electrons. The fraction of sp³-hybridized carbons (Fsp3) is 0.784. The third kappa shape index (κ3) is 4.82. The predicted octanol–water partition coefficient (Wildman–Crippen LogP) is 6.23. The van der Waals surface area contributed by atoms with Gasteiger partial charge in [-0.2, -0.15) is 0 Å². The zero-order valence-corrected chi connectivity index (χ0v) is 28.2. The number of nitrogens with zero attached hydrogens (tertiary/aromatic N) is 2. The molecule has 1 aromatic heterocycles. The van der Waals surface area contributed by atoms with Crippen LogP contribution in [-0.4, -0.2) is 58.0 Å². The van der Waals surface area contributed by atoms with Gasteiger partial charge in [0.2, 0.25) is 0 Å². The van der Waals surface area contributed by atoms with Crippen molar-refractivity contribution in [3.63, 3.8) is 0 Å². The maximum atomic E-state index is 14.1. The van der Waals surface area contributed by atoms with Crippen LogP contribution in [0.5, 0.6) is 0 Å². The fourth-order valence-electron chi connectivity index (χ4n) is 11.5. The number of allylic oxidation sites excluding steroid dienone is 2. The largest absolute Gasteiger partial charge is 0.462 e. The maximum Gasteiger partial charge on any atom is 0.358 e. The van der Waals surface area contributed by atoms with E-state index in [4.69, 9.17) is 9.47 Å². The van der Waals surface area contributed by atoms with Crippen LogP contribution in [0.2, 0.25) is 0 Å². The molecule has 6 rings (SSSR count). The SMILES string of the molecule is Cc1cncc(C(=O)OCCOC(=O)[C@]23CC[C@H](C)C[C@H]2C2=CC[C@@H]4[C@@]5(C)CC[C@H](O)[C@@](C)(CO)[C@@H]5CC[C@@]4(C)[C@]2(C)CC3)n1. The highest BCUT2D eigenvalue weighted by molar-refractivity contribution is 5.86. The predicted molar refractivity (Wildman–Crippen MR) is 170 cm³/mol. The van der Waals surface area contributed by atoms with Crippen molar-refractivity contribution in [3.05, 3.63) is 35.4 Å². The van der Waals surface area contributed by atoms with E-state index < -0.39 is 22.9 Å². The Morgan fingerprint density at radius 3 is 2.44 bits per heavy atom. The summed E-state index contributed by atoms with van der Waals surface area (Å²) in [6, 6.07) is 0. The van der Waals surface area contributed by atoms with Gasteiger partial charge < -0.3 is 19.7 Å². The fourth-order valence-corrected chi connectivity index (χ4v) is 11.5. The summed E-state index contributed by atoms with van der Waals surface area (Å²) in [5.41, 5.74) is 1.35. The Balaban J connectivity index is 1.23. The number of rotatable bonds is 6. The summed E-state index contributed by atoms with van der Waals surface area (Å²) in [4.78, 5) is 34.7. The van der Waals surface area contributed by atoms with E-state index in [1.165, 1.54) is 11.8 Å². The van der Waals surface area contributed by atoms with Crippen LogP contribution < -0.4 is 0 Å². The second-order valence-corrected chi connectivity index (χ2v) is 16.4. The molecule has 4 saturated carbocycles. The van der Waals surface area contributed by atoms with Crippen molar-refractivity contribution in [1.82, 2.24) is 9.97 Å². The molecule has 0 aliphatic heterocycles. The lowest BCUT2D eigenvalue weighted by molar-refractivity contribution is -0.216. The number of ether oxygens (including phenoxy) is 2. The summed E-state index contributed by atoms with van der Waals surface area (Å²) in [7, 11) is 0. The quantitative estimate of drug-likeness (QED) is 0.218. The lowest BCUT2D eigenvalue weighted by Gasteiger charge is -2.71. The zero-order chi connectivity index (χ0) is 32.4. The summed E-state index contributed by atoms with van der Waals surface area (Å²) < 4.78 is 11.3. The van der Waals surface area contributed by atoms with E-state index >= 15 is 0 Å². The highest BCUT2D eigenvalue weighted by Crippen LogP contribution is 2.75. The van der Waals surface area contributed by atoms with Crippen LogP contribution in [0.1, 0.15) is 115 Å². The number of carbonyl (C=O) groups excluding carboxylic acids is 2. The molecular weight excluding hydrogens is 568 g/mol. The highest BCUT2D eigenvalue weighted by Gasteiger charge is 2.69. The van der Waals surface area contributed by atoms with Crippen LogP contribution in [0.3, 0.4) is 0 Å². The number of aliphatic hydroxyl groups excluding tert-OH is 2. The molecule has 0 spiro atoms. The number of aryl methyl sites for hydroxylation is 1. The summed E-state index contributed by atoms with van der Waals surface area (Å²) >= 11 is 0. The minimum Gasteiger partial charge on any atom is -0.462 e. The van der Waals surface area contributed by atoms with Gasteiger partial charge >= 0.3 is 11.9 Å². The Morgan fingerprint density at radius 1 is 0.956 bits per heavy atom.